The summed E-state index contributed by atoms with van der Waals surface area (Å²) in [5.41, 5.74) is 1.60. The largest absolute Gasteiger partial charge is 0.495 e. The van der Waals surface area contributed by atoms with Crippen LogP contribution >= 0.6 is 11.8 Å². The Morgan fingerprint density at radius 1 is 0.939 bits per heavy atom. The number of imide groups is 1. The molecule has 3 aromatic carbocycles. The zero-order valence-electron chi connectivity index (χ0n) is 17.9. The number of nitrogens with one attached hydrogen (secondary N) is 1. The van der Waals surface area contributed by atoms with E-state index in [9.17, 15) is 18.0 Å². The predicted molar refractivity (Wildman–Crippen MR) is 128 cm³/mol. The summed E-state index contributed by atoms with van der Waals surface area (Å²) in [7, 11) is -2.56. The summed E-state index contributed by atoms with van der Waals surface area (Å²) >= 11 is 1.70. The van der Waals surface area contributed by atoms with Gasteiger partial charge < -0.3 is 4.74 Å². The van der Waals surface area contributed by atoms with Gasteiger partial charge in [0.25, 0.3) is 10.0 Å². The van der Waals surface area contributed by atoms with Crippen LogP contribution in [0.3, 0.4) is 0 Å². The standard InChI is InChI=1S/C24H22N2O5S2/c1-31-22-12-11-20(15-21(22)26-23(27)13-14-24(26)28)33(29,30)25-18-9-7-17(8-10-18)16-32-19-5-3-2-4-6-19/h2-12,15,25H,13-14,16H2,1H3. The van der Waals surface area contributed by atoms with Crippen LogP contribution in [0.2, 0.25) is 0 Å². The number of amides is 2. The molecule has 0 atom stereocenters. The highest BCUT2D eigenvalue weighted by Crippen LogP contribution is 2.34. The first-order valence-electron chi connectivity index (χ1n) is 10.2. The third-order valence-corrected chi connectivity index (χ3v) is 7.57. The Morgan fingerprint density at radius 3 is 2.24 bits per heavy atom. The van der Waals surface area contributed by atoms with Gasteiger partial charge in [-0.15, -0.1) is 11.8 Å². The molecule has 170 valence electrons. The maximum absolute atomic E-state index is 13.0. The topological polar surface area (TPSA) is 92.8 Å². The molecule has 0 radical (unpaired) electrons. The molecule has 0 spiro atoms. The number of methoxy groups -OCH3 is 1. The number of carbonyl (C=O) groups excluding carboxylic acids is 2. The second-order valence-electron chi connectivity index (χ2n) is 7.36. The first-order valence-corrected chi connectivity index (χ1v) is 12.7. The van der Waals surface area contributed by atoms with Crippen LogP contribution in [-0.2, 0) is 25.4 Å². The van der Waals surface area contributed by atoms with Crippen LogP contribution in [0.1, 0.15) is 18.4 Å². The number of thioether (sulfide) groups is 1. The van der Waals surface area contributed by atoms with Gasteiger partial charge in [0.05, 0.1) is 17.7 Å². The molecule has 4 rings (SSSR count). The van der Waals surface area contributed by atoms with E-state index in [0.29, 0.717) is 5.69 Å². The molecule has 2 amide bonds. The van der Waals surface area contributed by atoms with Crippen LogP contribution in [0.25, 0.3) is 0 Å². The van der Waals surface area contributed by atoms with Crippen LogP contribution in [-0.4, -0.2) is 27.3 Å². The van der Waals surface area contributed by atoms with Crippen LogP contribution in [0.15, 0.2) is 82.6 Å². The highest BCUT2D eigenvalue weighted by Gasteiger charge is 2.33. The molecule has 1 aliphatic heterocycles. The molecule has 0 saturated carbocycles. The molecule has 1 fully saturated rings. The van der Waals surface area contributed by atoms with Crippen molar-refractivity contribution in [2.75, 3.05) is 16.7 Å². The number of ether oxygens (including phenoxy) is 1. The first-order chi connectivity index (χ1) is 15.9. The molecular formula is C24H22N2O5S2. The lowest BCUT2D eigenvalue weighted by molar-refractivity contribution is -0.121. The number of nitrogens with zero attached hydrogens (tertiary/aromatic N) is 1. The molecule has 7 nitrogen and oxygen atoms in total. The Balaban J connectivity index is 1.51. The molecule has 9 heteroatoms. The summed E-state index contributed by atoms with van der Waals surface area (Å²) in [6.45, 7) is 0. The van der Waals surface area contributed by atoms with Gasteiger partial charge in [-0.25, -0.2) is 13.3 Å². The molecule has 0 unspecified atom stereocenters. The van der Waals surface area contributed by atoms with Gasteiger partial charge >= 0.3 is 0 Å². The fourth-order valence-corrected chi connectivity index (χ4v) is 5.38. The Hall–Kier alpha value is -3.30. The van der Waals surface area contributed by atoms with E-state index in [0.717, 1.165) is 21.1 Å². The minimum atomic E-state index is -3.95. The number of anilines is 2. The van der Waals surface area contributed by atoms with Gasteiger partial charge in [-0.2, -0.15) is 0 Å². The van der Waals surface area contributed by atoms with E-state index in [4.69, 9.17) is 4.74 Å². The number of hydrogen-bond donors (Lipinski definition) is 1. The van der Waals surface area contributed by atoms with Gasteiger partial charge in [0.1, 0.15) is 5.75 Å². The number of benzene rings is 3. The maximum Gasteiger partial charge on any atom is 0.261 e. The number of sulfonamides is 1. The third kappa shape index (κ3) is 5.20. The molecule has 0 bridgehead atoms. The minimum Gasteiger partial charge on any atom is -0.495 e. The quantitative estimate of drug-likeness (QED) is 0.377. The van der Waals surface area contributed by atoms with Crippen molar-refractivity contribution in [2.24, 2.45) is 0 Å². The third-order valence-electron chi connectivity index (χ3n) is 5.11. The van der Waals surface area contributed by atoms with E-state index in [2.05, 4.69) is 4.72 Å². The van der Waals surface area contributed by atoms with Crippen molar-refractivity contribution in [3.05, 3.63) is 78.4 Å². The summed E-state index contributed by atoms with van der Waals surface area (Å²) in [6.07, 6.45) is 0.179. The summed E-state index contributed by atoms with van der Waals surface area (Å²) in [5.74, 6) is 0.240. The SMILES string of the molecule is COc1ccc(S(=O)(=O)Nc2ccc(CSc3ccccc3)cc2)cc1N1C(=O)CCC1=O. The molecule has 1 aliphatic rings. The van der Waals surface area contributed by atoms with Crippen LogP contribution in [0, 0.1) is 0 Å². The Labute approximate surface area is 196 Å². The van der Waals surface area contributed by atoms with Crippen molar-refractivity contribution in [1.82, 2.24) is 0 Å². The van der Waals surface area contributed by atoms with Gasteiger partial charge in [0.15, 0.2) is 0 Å². The van der Waals surface area contributed by atoms with Crippen molar-refractivity contribution >= 4 is 45.0 Å². The van der Waals surface area contributed by atoms with Gasteiger partial charge in [-0.1, -0.05) is 30.3 Å². The van der Waals surface area contributed by atoms with Crippen LogP contribution < -0.4 is 14.4 Å². The molecule has 0 aliphatic carbocycles. The zero-order chi connectivity index (χ0) is 23.4. The molecular weight excluding hydrogens is 460 g/mol. The molecule has 0 aromatic heterocycles. The minimum absolute atomic E-state index is 0.0745. The van der Waals surface area contributed by atoms with Gasteiger partial charge in [0, 0.05) is 29.2 Å². The second kappa shape index (κ2) is 9.68. The number of rotatable bonds is 8. The Bertz CT molecular complexity index is 1260. The molecule has 1 N–H and O–H groups in total. The fraction of sp³-hybridized carbons (Fsp3) is 0.167. The number of carbonyl (C=O) groups is 2. The first kappa shape index (κ1) is 22.9. The monoisotopic (exact) mass is 482 g/mol. The van der Waals surface area contributed by atoms with Crippen LogP contribution in [0.5, 0.6) is 5.75 Å². The van der Waals surface area contributed by atoms with Gasteiger partial charge in [-0.05, 0) is 48.0 Å². The van der Waals surface area contributed by atoms with Crippen LogP contribution in [0.4, 0.5) is 11.4 Å². The van der Waals surface area contributed by atoms with Crippen molar-refractivity contribution in [1.29, 1.82) is 0 Å². The fourth-order valence-electron chi connectivity index (χ4n) is 3.42. The highest BCUT2D eigenvalue weighted by molar-refractivity contribution is 7.98. The lowest BCUT2D eigenvalue weighted by Gasteiger charge is -2.18. The lowest BCUT2D eigenvalue weighted by atomic mass is 10.2. The van der Waals surface area contributed by atoms with E-state index in [1.165, 1.54) is 25.3 Å². The summed E-state index contributed by atoms with van der Waals surface area (Å²) in [6, 6.07) is 21.3. The van der Waals surface area contributed by atoms with Gasteiger partial charge in [-0.3, -0.25) is 14.3 Å². The lowest BCUT2D eigenvalue weighted by Crippen LogP contribution is -2.29. The maximum atomic E-state index is 13.0. The number of hydrogen-bond acceptors (Lipinski definition) is 6. The smallest absolute Gasteiger partial charge is 0.261 e. The van der Waals surface area contributed by atoms with E-state index >= 15 is 0 Å². The molecule has 3 aromatic rings. The molecule has 1 saturated heterocycles. The summed E-state index contributed by atoms with van der Waals surface area (Å²) < 4.78 is 33.8. The summed E-state index contributed by atoms with van der Waals surface area (Å²) in [5, 5.41) is 0. The van der Waals surface area contributed by atoms with Crippen molar-refractivity contribution in [2.45, 2.75) is 28.4 Å². The average Bonchev–Trinajstić information content (AvgIpc) is 3.16. The van der Waals surface area contributed by atoms with E-state index in [1.807, 2.05) is 42.5 Å². The Morgan fingerprint density at radius 2 is 1.61 bits per heavy atom. The van der Waals surface area contributed by atoms with Crippen molar-refractivity contribution < 1.29 is 22.7 Å². The van der Waals surface area contributed by atoms with Crippen molar-refractivity contribution in [3.63, 3.8) is 0 Å². The highest BCUT2D eigenvalue weighted by atomic mass is 32.2. The van der Waals surface area contributed by atoms with E-state index in [-0.39, 0.29) is 41.0 Å². The van der Waals surface area contributed by atoms with Gasteiger partial charge in [0.2, 0.25) is 11.8 Å². The molecule has 1 heterocycles. The molecule has 33 heavy (non-hydrogen) atoms. The summed E-state index contributed by atoms with van der Waals surface area (Å²) in [4.78, 5) is 26.4. The predicted octanol–water partition coefficient (Wildman–Crippen LogP) is 4.44. The second-order valence-corrected chi connectivity index (χ2v) is 10.1. The van der Waals surface area contributed by atoms with Crippen molar-refractivity contribution in [3.8, 4) is 5.75 Å². The normalized spacial score (nSPS) is 13.9. The van der Waals surface area contributed by atoms with E-state index < -0.39 is 10.0 Å². The van der Waals surface area contributed by atoms with E-state index in [1.54, 1.807) is 23.9 Å². The Kier molecular flexibility index (Phi) is 6.71. The average molecular weight is 483 g/mol. The zero-order valence-corrected chi connectivity index (χ0v) is 19.5.